The highest BCUT2D eigenvalue weighted by atomic mass is 32.2. The third-order valence-corrected chi connectivity index (χ3v) is 6.86. The number of piperazine rings is 1. The summed E-state index contributed by atoms with van der Waals surface area (Å²) in [6.07, 6.45) is 0. The number of hydrogen-bond acceptors (Lipinski definition) is 7. The Kier molecular flexibility index (Phi) is 6.55. The Morgan fingerprint density at radius 3 is 2.52 bits per heavy atom. The number of halogens is 1. The van der Waals surface area contributed by atoms with E-state index in [-0.39, 0.29) is 11.7 Å². The van der Waals surface area contributed by atoms with Crippen molar-refractivity contribution >= 4 is 46.5 Å². The summed E-state index contributed by atoms with van der Waals surface area (Å²) in [6, 6.07) is 6.77. The maximum Gasteiger partial charge on any atom is 0.233 e. The van der Waals surface area contributed by atoms with Gasteiger partial charge in [-0.1, -0.05) is 53.9 Å². The highest BCUT2D eigenvalue weighted by Crippen LogP contribution is 2.28. The molecule has 0 unspecified atom stereocenters. The van der Waals surface area contributed by atoms with Gasteiger partial charge in [0.25, 0.3) is 0 Å². The van der Waals surface area contributed by atoms with Crippen LogP contribution in [-0.2, 0) is 4.79 Å². The van der Waals surface area contributed by atoms with Crippen molar-refractivity contribution in [3.8, 4) is 0 Å². The molecule has 0 atom stereocenters. The van der Waals surface area contributed by atoms with Crippen LogP contribution in [0.4, 0.5) is 10.1 Å². The van der Waals surface area contributed by atoms with E-state index in [1.54, 1.807) is 23.9 Å². The minimum absolute atomic E-state index is 0.0954. The Morgan fingerprint density at radius 1 is 1.16 bits per heavy atom. The molecule has 3 rings (SSSR count). The standard InChI is InChI=1S/C16H19FN4OS3/c1-2-23-15-18-19-16(25-15)24-11-14(22)21-9-7-20(8-10-21)13-6-4-3-5-12(13)17/h3-6H,2,7-11H2,1H3. The molecule has 1 amide bonds. The molecule has 0 N–H and O–H groups in total. The lowest BCUT2D eigenvalue weighted by Gasteiger charge is -2.36. The lowest BCUT2D eigenvalue weighted by Crippen LogP contribution is -2.49. The van der Waals surface area contributed by atoms with Crippen molar-refractivity contribution in [1.82, 2.24) is 15.1 Å². The Morgan fingerprint density at radius 2 is 1.84 bits per heavy atom. The fourth-order valence-corrected chi connectivity index (χ4v) is 5.38. The van der Waals surface area contributed by atoms with E-state index in [1.165, 1.54) is 29.2 Å². The monoisotopic (exact) mass is 398 g/mol. The van der Waals surface area contributed by atoms with Crippen LogP contribution >= 0.6 is 34.9 Å². The van der Waals surface area contributed by atoms with Crippen molar-refractivity contribution in [3.05, 3.63) is 30.1 Å². The first-order valence-corrected chi connectivity index (χ1v) is 10.8. The van der Waals surface area contributed by atoms with Crippen LogP contribution in [0.3, 0.4) is 0 Å². The molecule has 9 heteroatoms. The summed E-state index contributed by atoms with van der Waals surface area (Å²) in [7, 11) is 0. The van der Waals surface area contributed by atoms with E-state index in [4.69, 9.17) is 0 Å². The number of carbonyl (C=O) groups is 1. The fraction of sp³-hybridized carbons (Fsp3) is 0.438. The van der Waals surface area contributed by atoms with E-state index < -0.39 is 0 Å². The van der Waals surface area contributed by atoms with Gasteiger partial charge in [-0.3, -0.25) is 4.79 Å². The van der Waals surface area contributed by atoms with Gasteiger partial charge in [-0.05, 0) is 17.9 Å². The topological polar surface area (TPSA) is 49.3 Å². The quantitative estimate of drug-likeness (QED) is 0.697. The van der Waals surface area contributed by atoms with Gasteiger partial charge >= 0.3 is 0 Å². The zero-order chi connectivity index (χ0) is 17.6. The number of rotatable bonds is 6. The number of aromatic nitrogens is 2. The molecule has 1 saturated heterocycles. The molecule has 0 aliphatic carbocycles. The Balaban J connectivity index is 1.47. The molecule has 0 bridgehead atoms. The maximum atomic E-state index is 13.9. The van der Waals surface area contributed by atoms with Crippen molar-refractivity contribution in [2.75, 3.05) is 42.6 Å². The van der Waals surface area contributed by atoms with Crippen LogP contribution in [0, 0.1) is 5.82 Å². The molecule has 0 spiro atoms. The molecular formula is C16H19FN4OS3. The van der Waals surface area contributed by atoms with E-state index in [0.717, 1.165) is 14.4 Å². The van der Waals surface area contributed by atoms with Crippen LogP contribution in [-0.4, -0.2) is 58.7 Å². The van der Waals surface area contributed by atoms with Crippen LogP contribution in [0.25, 0.3) is 0 Å². The molecule has 2 heterocycles. The van der Waals surface area contributed by atoms with Crippen molar-refractivity contribution in [2.24, 2.45) is 0 Å². The molecule has 1 aromatic carbocycles. The zero-order valence-electron chi connectivity index (χ0n) is 13.9. The Hall–Kier alpha value is -1.32. The van der Waals surface area contributed by atoms with Gasteiger partial charge < -0.3 is 9.80 Å². The molecule has 1 fully saturated rings. The molecule has 0 saturated carbocycles. The van der Waals surface area contributed by atoms with Crippen LogP contribution in [0.15, 0.2) is 32.9 Å². The number of nitrogens with zero attached hydrogens (tertiary/aromatic N) is 4. The van der Waals surface area contributed by atoms with Gasteiger partial charge in [-0.2, -0.15) is 0 Å². The number of anilines is 1. The minimum atomic E-state index is -0.213. The lowest BCUT2D eigenvalue weighted by atomic mass is 10.2. The average molecular weight is 399 g/mol. The highest BCUT2D eigenvalue weighted by Gasteiger charge is 2.23. The summed E-state index contributed by atoms with van der Waals surface area (Å²) in [6.45, 7) is 4.59. The van der Waals surface area contributed by atoms with Gasteiger partial charge in [0.15, 0.2) is 8.68 Å². The second-order valence-corrected chi connectivity index (χ2v) is 9.09. The molecule has 5 nitrogen and oxygen atoms in total. The molecule has 2 aromatic rings. The van der Waals surface area contributed by atoms with Crippen molar-refractivity contribution in [1.29, 1.82) is 0 Å². The summed E-state index contributed by atoms with van der Waals surface area (Å²) in [4.78, 5) is 16.2. The molecule has 1 aromatic heterocycles. The second kappa shape index (κ2) is 8.86. The smallest absolute Gasteiger partial charge is 0.233 e. The summed E-state index contributed by atoms with van der Waals surface area (Å²) in [5.41, 5.74) is 0.610. The Bertz CT molecular complexity index is 719. The SMILES string of the molecule is CCSc1nnc(SCC(=O)N2CCN(c3ccccc3F)CC2)s1. The first-order chi connectivity index (χ1) is 12.2. The van der Waals surface area contributed by atoms with Gasteiger partial charge in [-0.25, -0.2) is 4.39 Å². The molecule has 1 aliphatic heterocycles. The highest BCUT2D eigenvalue weighted by molar-refractivity contribution is 8.03. The largest absolute Gasteiger partial charge is 0.366 e. The van der Waals surface area contributed by atoms with Crippen LogP contribution in [0.2, 0.25) is 0 Å². The summed E-state index contributed by atoms with van der Waals surface area (Å²) in [5, 5.41) is 8.20. The third kappa shape index (κ3) is 4.86. The van der Waals surface area contributed by atoms with Crippen LogP contribution in [0.5, 0.6) is 0 Å². The van der Waals surface area contributed by atoms with Crippen LogP contribution < -0.4 is 4.90 Å². The van der Waals surface area contributed by atoms with Gasteiger partial charge in [0.05, 0.1) is 11.4 Å². The summed E-state index contributed by atoms with van der Waals surface area (Å²) in [5.74, 6) is 1.21. The van der Waals surface area contributed by atoms with Crippen molar-refractivity contribution < 1.29 is 9.18 Å². The van der Waals surface area contributed by atoms with Gasteiger partial charge in [0.1, 0.15) is 5.82 Å². The van der Waals surface area contributed by atoms with E-state index in [2.05, 4.69) is 17.1 Å². The molecule has 1 aliphatic rings. The van der Waals surface area contributed by atoms with Gasteiger partial charge in [-0.15, -0.1) is 10.2 Å². The predicted octanol–water partition coefficient (Wildman–Crippen LogP) is 3.23. The van der Waals surface area contributed by atoms with E-state index in [0.29, 0.717) is 37.6 Å². The number of carbonyl (C=O) groups excluding carboxylic acids is 1. The first kappa shape index (κ1) is 18.5. The number of thioether (sulfide) groups is 2. The minimum Gasteiger partial charge on any atom is -0.366 e. The lowest BCUT2D eigenvalue weighted by molar-refractivity contribution is -0.128. The summed E-state index contributed by atoms with van der Waals surface area (Å²) >= 11 is 4.62. The average Bonchev–Trinajstić information content (AvgIpc) is 3.08. The molecule has 134 valence electrons. The van der Waals surface area contributed by atoms with E-state index in [9.17, 15) is 9.18 Å². The van der Waals surface area contributed by atoms with Crippen LogP contribution in [0.1, 0.15) is 6.92 Å². The molecule has 0 radical (unpaired) electrons. The number of para-hydroxylation sites is 1. The third-order valence-electron chi connectivity index (χ3n) is 3.80. The maximum absolute atomic E-state index is 13.9. The van der Waals surface area contributed by atoms with Crippen molar-refractivity contribution in [2.45, 2.75) is 15.6 Å². The van der Waals surface area contributed by atoms with Crippen molar-refractivity contribution in [3.63, 3.8) is 0 Å². The second-order valence-electron chi connectivity index (χ2n) is 5.37. The number of benzene rings is 1. The van der Waals surface area contributed by atoms with E-state index in [1.807, 2.05) is 15.9 Å². The number of amides is 1. The normalized spacial score (nSPS) is 14.8. The zero-order valence-corrected chi connectivity index (χ0v) is 16.3. The number of hydrogen-bond donors (Lipinski definition) is 0. The fourth-order valence-electron chi connectivity index (χ4n) is 2.56. The predicted molar refractivity (Wildman–Crippen MR) is 102 cm³/mol. The molecular weight excluding hydrogens is 379 g/mol. The summed E-state index contributed by atoms with van der Waals surface area (Å²) < 4.78 is 15.6. The van der Waals surface area contributed by atoms with E-state index >= 15 is 0 Å². The Labute approximate surface area is 159 Å². The van der Waals surface area contributed by atoms with Gasteiger partial charge in [0, 0.05) is 26.2 Å². The van der Waals surface area contributed by atoms with Gasteiger partial charge in [0.2, 0.25) is 5.91 Å². The molecule has 25 heavy (non-hydrogen) atoms. The first-order valence-electron chi connectivity index (χ1n) is 8.03.